The lowest BCUT2D eigenvalue weighted by Crippen LogP contribution is -2.69. The number of aliphatic hydroxyl groups excluding tert-OH is 1. The van der Waals surface area contributed by atoms with Gasteiger partial charge in [0.1, 0.15) is 18.3 Å². The van der Waals surface area contributed by atoms with E-state index in [2.05, 4.69) is 27.4 Å². The zero-order valence-electron chi connectivity index (χ0n) is 20.7. The van der Waals surface area contributed by atoms with Crippen molar-refractivity contribution in [3.8, 4) is 0 Å². The zero-order chi connectivity index (χ0) is 24.5. The maximum absolute atomic E-state index is 12.3. The lowest BCUT2D eigenvalue weighted by Gasteiger charge is -2.67. The van der Waals surface area contributed by atoms with Crippen molar-refractivity contribution in [2.45, 2.75) is 98.1 Å². The monoisotopic (exact) mass is 462 g/mol. The van der Waals surface area contributed by atoms with Crippen molar-refractivity contribution in [2.75, 3.05) is 0 Å². The van der Waals surface area contributed by atoms with Crippen LogP contribution in [0.25, 0.3) is 0 Å². The Hall–Kier alpha value is -1.89. The molecule has 9 atom stereocenters. The highest BCUT2D eigenvalue weighted by molar-refractivity contribution is 5.68. The Labute approximate surface area is 196 Å². The summed E-state index contributed by atoms with van der Waals surface area (Å²) in [5, 5.41) is 11.6. The summed E-state index contributed by atoms with van der Waals surface area (Å²) in [4.78, 5) is 36.2. The van der Waals surface area contributed by atoms with E-state index in [1.54, 1.807) is 0 Å². The molecule has 0 heterocycles. The van der Waals surface area contributed by atoms with Crippen molar-refractivity contribution >= 4 is 17.9 Å². The highest BCUT2D eigenvalue weighted by Crippen LogP contribution is 2.73. The first-order valence-electron chi connectivity index (χ1n) is 12.1. The fourth-order valence-corrected chi connectivity index (χ4v) is 8.65. The summed E-state index contributed by atoms with van der Waals surface area (Å²) in [7, 11) is 0. The average Bonchev–Trinajstić information content (AvgIpc) is 2.87. The number of ether oxygens (including phenoxy) is 3. The van der Waals surface area contributed by atoms with Gasteiger partial charge in [-0.3, -0.25) is 14.4 Å². The van der Waals surface area contributed by atoms with Crippen LogP contribution < -0.4 is 0 Å². The standard InChI is InChI=1S/C26H38O7/c1-13-17-10-18(30)22-25(7)9-8-20(31-14(2)27)24(5,6)19(25)11-21(32-15(3)28)26(22,12-17)23(13)33-16(4)29/h17-23,30H,1,8-12H2,2-7H3/t17-,18-,19?,20+,21+,22-,23+,25+,26-/m0/s1. The van der Waals surface area contributed by atoms with Crippen molar-refractivity contribution in [1.82, 2.24) is 0 Å². The summed E-state index contributed by atoms with van der Waals surface area (Å²) in [5.74, 6) is -1.29. The number of carbonyl (C=O) groups excluding carboxylic acids is 3. The van der Waals surface area contributed by atoms with Gasteiger partial charge >= 0.3 is 17.9 Å². The first-order chi connectivity index (χ1) is 15.2. The minimum absolute atomic E-state index is 0.0178. The highest BCUT2D eigenvalue weighted by atomic mass is 16.6. The second-order valence-corrected chi connectivity index (χ2v) is 11.7. The Balaban J connectivity index is 1.86. The van der Waals surface area contributed by atoms with Gasteiger partial charge in [-0.1, -0.05) is 27.4 Å². The lowest BCUT2D eigenvalue weighted by molar-refractivity contribution is -0.267. The third kappa shape index (κ3) is 3.44. The fraction of sp³-hybridized carbons (Fsp3) is 0.808. The molecule has 4 fully saturated rings. The Morgan fingerprint density at radius 2 is 1.52 bits per heavy atom. The van der Waals surface area contributed by atoms with Crippen LogP contribution in [0, 0.1) is 34.0 Å². The molecule has 1 unspecified atom stereocenters. The fourth-order valence-electron chi connectivity index (χ4n) is 8.65. The van der Waals surface area contributed by atoms with Crippen LogP contribution in [0.15, 0.2) is 12.2 Å². The molecule has 0 aromatic rings. The third-order valence-corrected chi connectivity index (χ3v) is 9.57. The van der Waals surface area contributed by atoms with E-state index in [-0.39, 0.29) is 40.7 Å². The van der Waals surface area contributed by atoms with E-state index >= 15 is 0 Å². The highest BCUT2D eigenvalue weighted by Gasteiger charge is 2.74. The molecule has 0 aromatic heterocycles. The first kappa shape index (κ1) is 24.2. The van der Waals surface area contributed by atoms with Crippen LogP contribution in [0.1, 0.15) is 73.6 Å². The van der Waals surface area contributed by atoms with E-state index in [4.69, 9.17) is 14.2 Å². The van der Waals surface area contributed by atoms with E-state index < -0.39 is 35.7 Å². The van der Waals surface area contributed by atoms with Gasteiger partial charge in [0.05, 0.1) is 11.5 Å². The van der Waals surface area contributed by atoms with Gasteiger partial charge in [-0.25, -0.2) is 0 Å². The van der Waals surface area contributed by atoms with Crippen molar-refractivity contribution in [1.29, 1.82) is 0 Å². The largest absolute Gasteiger partial charge is 0.462 e. The van der Waals surface area contributed by atoms with Gasteiger partial charge in [0, 0.05) is 32.1 Å². The molecule has 0 aromatic carbocycles. The van der Waals surface area contributed by atoms with Gasteiger partial charge in [0.15, 0.2) is 0 Å². The Morgan fingerprint density at radius 3 is 2.09 bits per heavy atom. The number of aliphatic hydroxyl groups is 1. The van der Waals surface area contributed by atoms with Crippen LogP contribution in [0.5, 0.6) is 0 Å². The quantitative estimate of drug-likeness (QED) is 0.389. The number of fused-ring (bicyclic) bond motifs is 3. The van der Waals surface area contributed by atoms with Gasteiger partial charge in [0.2, 0.25) is 0 Å². The van der Waals surface area contributed by atoms with E-state index in [9.17, 15) is 19.5 Å². The van der Waals surface area contributed by atoms with Crippen LogP contribution in [0.2, 0.25) is 0 Å². The summed E-state index contributed by atoms with van der Waals surface area (Å²) in [6.45, 7) is 14.9. The minimum atomic E-state index is -0.716. The zero-order valence-corrected chi connectivity index (χ0v) is 20.7. The lowest BCUT2D eigenvalue weighted by atomic mass is 9.39. The van der Waals surface area contributed by atoms with Gasteiger partial charge in [-0.15, -0.1) is 0 Å². The van der Waals surface area contributed by atoms with Crippen LogP contribution in [-0.2, 0) is 28.6 Å². The number of esters is 3. The van der Waals surface area contributed by atoms with Crippen LogP contribution in [-0.4, -0.2) is 47.4 Å². The predicted molar refractivity (Wildman–Crippen MR) is 120 cm³/mol. The molecule has 4 saturated carbocycles. The smallest absolute Gasteiger partial charge is 0.303 e. The van der Waals surface area contributed by atoms with Crippen molar-refractivity contribution < 1.29 is 33.7 Å². The predicted octanol–water partition coefficient (Wildman–Crippen LogP) is 3.57. The number of hydrogen-bond donors (Lipinski definition) is 1. The Kier molecular flexibility index (Phi) is 5.75. The third-order valence-electron chi connectivity index (χ3n) is 9.57. The second kappa shape index (κ2) is 7.82. The van der Waals surface area contributed by atoms with E-state index in [1.807, 2.05) is 0 Å². The molecule has 4 aliphatic carbocycles. The van der Waals surface area contributed by atoms with Gasteiger partial charge in [0.25, 0.3) is 0 Å². The topological polar surface area (TPSA) is 99.1 Å². The molecular weight excluding hydrogens is 424 g/mol. The molecule has 0 aliphatic heterocycles. The molecule has 33 heavy (non-hydrogen) atoms. The van der Waals surface area contributed by atoms with E-state index in [1.165, 1.54) is 20.8 Å². The normalized spacial score (nSPS) is 45.4. The molecular formula is C26H38O7. The molecule has 7 heteroatoms. The summed E-state index contributed by atoms with van der Waals surface area (Å²) in [6.07, 6.45) is 1.24. The van der Waals surface area contributed by atoms with Crippen LogP contribution in [0.4, 0.5) is 0 Å². The molecule has 184 valence electrons. The van der Waals surface area contributed by atoms with Crippen molar-refractivity contribution in [3.05, 3.63) is 12.2 Å². The summed E-state index contributed by atoms with van der Waals surface area (Å²) in [6, 6.07) is 0. The van der Waals surface area contributed by atoms with Gasteiger partial charge < -0.3 is 19.3 Å². The van der Waals surface area contributed by atoms with E-state index in [0.717, 1.165) is 12.0 Å². The molecule has 0 radical (unpaired) electrons. The average molecular weight is 463 g/mol. The van der Waals surface area contributed by atoms with Gasteiger partial charge in [-0.2, -0.15) is 0 Å². The summed E-state index contributed by atoms with van der Waals surface area (Å²) < 4.78 is 17.6. The molecule has 7 nitrogen and oxygen atoms in total. The number of hydrogen-bond acceptors (Lipinski definition) is 7. The minimum Gasteiger partial charge on any atom is -0.462 e. The van der Waals surface area contributed by atoms with Gasteiger partial charge in [-0.05, 0) is 54.9 Å². The number of rotatable bonds is 3. The molecule has 4 rings (SSSR count). The Bertz CT molecular complexity index is 878. The second-order valence-electron chi connectivity index (χ2n) is 11.7. The summed E-state index contributed by atoms with van der Waals surface area (Å²) >= 11 is 0. The molecule has 0 amide bonds. The SMILES string of the molecule is C=C1[C@H]2C[C@H](O)[C@@H]3[C@@](C2)([C@@H]1OC(C)=O)[C@H](OC(C)=O)CC1C(C)(C)[C@H](OC(C)=O)CC[C@]13C. The first-order valence-corrected chi connectivity index (χ1v) is 12.1. The molecule has 4 aliphatic rings. The molecule has 2 bridgehead atoms. The van der Waals surface area contributed by atoms with E-state index in [0.29, 0.717) is 25.7 Å². The van der Waals surface area contributed by atoms with Crippen molar-refractivity contribution in [2.24, 2.45) is 34.0 Å². The molecule has 1 N–H and O–H groups in total. The molecule has 1 spiro atoms. The van der Waals surface area contributed by atoms with Crippen LogP contribution in [0.3, 0.4) is 0 Å². The Morgan fingerprint density at radius 1 is 0.939 bits per heavy atom. The number of carbonyl (C=O) groups is 3. The molecule has 0 saturated heterocycles. The maximum Gasteiger partial charge on any atom is 0.303 e. The summed E-state index contributed by atoms with van der Waals surface area (Å²) in [5.41, 5.74) is -0.600. The van der Waals surface area contributed by atoms with Crippen molar-refractivity contribution in [3.63, 3.8) is 0 Å². The maximum atomic E-state index is 12.3. The van der Waals surface area contributed by atoms with Crippen LogP contribution >= 0.6 is 0 Å².